The number of pyridine rings is 2. The molecule has 0 N–H and O–H groups in total. The van der Waals surface area contributed by atoms with E-state index in [0.29, 0.717) is 12.5 Å². The van der Waals surface area contributed by atoms with E-state index < -0.39 is 20.2 Å². The number of piperidine rings is 2. The highest BCUT2D eigenvalue weighted by Crippen LogP contribution is 2.37. The van der Waals surface area contributed by atoms with Gasteiger partial charge >= 0.3 is 0 Å². The maximum Gasteiger partial charge on any atom is 0.177 e. The standard InChI is InChI=1S/C50H58N6O2.2CH4O3S/c1-51-45-13-9-39(57-3)31-41(45)49-43-33-55(25-19-37(43)7-11-47(49)51)29-27-53-21-15-35(16-22-53)5-6-36-17-23-54(24-18-36)28-30-56-26-20-38-8-12-48-50(44(38)34-56)42-32-40(58-4)10-14-46(42)52(48)2;2*1-5(2,3)4/h7-14,19-20,25-26,31-36H,5-6,15-18,21-24,27-30H2,1-4H3;2*1H3,(H,2,3,4)/q+2;;/p-2. The lowest BCUT2D eigenvalue weighted by atomic mass is 9.85. The number of aromatic nitrogens is 4. The van der Waals surface area contributed by atoms with Gasteiger partial charge in [-0.15, -0.1) is 0 Å². The number of hydrogen-bond acceptors (Lipinski definition) is 10. The highest BCUT2D eigenvalue weighted by atomic mass is 32.2. The predicted octanol–water partition coefficient (Wildman–Crippen LogP) is 7.10. The second kappa shape index (κ2) is 20.7. The first kappa shape index (κ1) is 49.1. The summed E-state index contributed by atoms with van der Waals surface area (Å²) in [6.45, 7) is 9.20. The van der Waals surface area contributed by atoms with Crippen LogP contribution in [0.4, 0.5) is 0 Å². The van der Waals surface area contributed by atoms with Crippen LogP contribution in [0.3, 0.4) is 0 Å². The van der Waals surface area contributed by atoms with Gasteiger partial charge in [-0.1, -0.05) is 25.0 Å². The SMILES string of the molecule is COc1ccc2c(c1)c1c3c[n+](CCN4CCC(CCC5CCN(CC[n+]6ccc7ccc8c(c7c6)c6cc(OC)ccc6n8C)CC5)CC4)ccc3ccc1n2C.CS(=O)(=O)[O-].CS(=O)(=O)[O-]. The molecule has 16 heteroatoms. The van der Waals surface area contributed by atoms with Crippen LogP contribution in [0.1, 0.15) is 38.5 Å². The third-order valence-corrected chi connectivity index (χ3v) is 14.1. The number of benzene rings is 4. The van der Waals surface area contributed by atoms with Gasteiger partial charge in [-0.2, -0.15) is 0 Å². The van der Waals surface area contributed by atoms with Crippen molar-refractivity contribution in [3.63, 3.8) is 0 Å². The molecule has 4 aromatic heterocycles. The molecule has 0 aliphatic carbocycles. The highest BCUT2D eigenvalue weighted by molar-refractivity contribution is 7.85. The number of likely N-dealkylation sites (tertiary alicyclic amines) is 2. The fraction of sp³-hybridized carbons (Fsp3) is 0.423. The Balaban J connectivity index is 0.000000569. The average molecular weight is 965 g/mol. The molecule has 68 heavy (non-hydrogen) atoms. The van der Waals surface area contributed by atoms with Gasteiger partial charge in [-0.05, 0) is 123 Å². The molecule has 362 valence electrons. The molecular formula is C52H64N6O8S2. The van der Waals surface area contributed by atoms with E-state index in [9.17, 15) is 0 Å². The van der Waals surface area contributed by atoms with Crippen LogP contribution in [0.5, 0.6) is 11.5 Å². The van der Waals surface area contributed by atoms with E-state index in [1.807, 2.05) is 0 Å². The van der Waals surface area contributed by atoms with Crippen LogP contribution >= 0.6 is 0 Å². The van der Waals surface area contributed by atoms with E-state index in [4.69, 9.17) is 35.4 Å². The minimum absolute atomic E-state index is 0.604. The van der Waals surface area contributed by atoms with Crippen LogP contribution in [-0.2, 0) is 47.4 Å². The summed E-state index contributed by atoms with van der Waals surface area (Å²) in [7, 11) is 0.00352. The molecular weight excluding hydrogens is 901 g/mol. The van der Waals surface area contributed by atoms with Crippen molar-refractivity contribution in [2.24, 2.45) is 25.9 Å². The van der Waals surface area contributed by atoms with Crippen molar-refractivity contribution in [2.75, 3.05) is 66.0 Å². The summed E-state index contributed by atoms with van der Waals surface area (Å²) in [4.78, 5) is 5.40. The van der Waals surface area contributed by atoms with Crippen LogP contribution in [0.15, 0.2) is 97.6 Å². The summed E-state index contributed by atoms with van der Waals surface area (Å²) in [6, 6.07) is 26.5. The maximum atomic E-state index is 9.08. The van der Waals surface area contributed by atoms with Crippen LogP contribution in [0.2, 0.25) is 0 Å². The topological polar surface area (TPSA) is 157 Å². The maximum absolute atomic E-state index is 9.08. The smallest absolute Gasteiger partial charge is 0.177 e. The number of nitrogens with zero attached hydrogens (tertiary/aromatic N) is 6. The van der Waals surface area contributed by atoms with Gasteiger partial charge in [0, 0.05) is 82.4 Å². The molecule has 2 aliphatic rings. The van der Waals surface area contributed by atoms with Crippen molar-refractivity contribution in [1.82, 2.24) is 18.9 Å². The quantitative estimate of drug-likeness (QED) is 0.0968. The van der Waals surface area contributed by atoms with Crippen molar-refractivity contribution in [1.29, 1.82) is 0 Å². The second-order valence-electron chi connectivity index (χ2n) is 18.7. The molecule has 0 bridgehead atoms. The molecule has 0 spiro atoms. The van der Waals surface area contributed by atoms with Gasteiger partial charge in [0.15, 0.2) is 37.9 Å². The molecule has 2 saturated heterocycles. The lowest BCUT2D eigenvalue weighted by molar-refractivity contribution is -0.695. The van der Waals surface area contributed by atoms with Gasteiger partial charge in [0.2, 0.25) is 0 Å². The van der Waals surface area contributed by atoms with E-state index >= 15 is 0 Å². The van der Waals surface area contributed by atoms with E-state index in [1.54, 1.807) is 14.2 Å². The molecule has 0 radical (unpaired) electrons. The Morgan fingerprint density at radius 3 is 1.25 bits per heavy atom. The normalized spacial score (nSPS) is 15.8. The Morgan fingerprint density at radius 2 is 0.897 bits per heavy atom. The fourth-order valence-corrected chi connectivity index (χ4v) is 10.5. The molecule has 0 saturated carbocycles. The number of rotatable bonds is 11. The Bertz CT molecular complexity index is 3080. The minimum atomic E-state index is -3.92. The highest BCUT2D eigenvalue weighted by Gasteiger charge is 2.25. The third kappa shape index (κ3) is 11.7. The first-order valence-corrected chi connectivity index (χ1v) is 27.1. The van der Waals surface area contributed by atoms with Crippen LogP contribution in [-0.4, -0.2) is 111 Å². The molecule has 0 unspecified atom stereocenters. The van der Waals surface area contributed by atoms with Crippen molar-refractivity contribution in [3.05, 3.63) is 97.6 Å². The van der Waals surface area contributed by atoms with Crippen LogP contribution in [0, 0.1) is 11.8 Å². The van der Waals surface area contributed by atoms with Crippen LogP contribution < -0.4 is 18.6 Å². The molecule has 2 aliphatic heterocycles. The van der Waals surface area contributed by atoms with Crippen molar-refractivity contribution in [3.8, 4) is 11.5 Å². The number of ether oxygens (including phenoxy) is 2. The molecule has 14 nitrogen and oxygen atoms in total. The monoisotopic (exact) mass is 964 g/mol. The molecule has 0 amide bonds. The minimum Gasteiger partial charge on any atom is -0.748 e. The molecule has 4 aromatic carbocycles. The van der Waals surface area contributed by atoms with Crippen molar-refractivity contribution in [2.45, 2.75) is 51.6 Å². The summed E-state index contributed by atoms with van der Waals surface area (Å²) in [5, 5.41) is 10.4. The Kier molecular flexibility index (Phi) is 14.9. The summed E-state index contributed by atoms with van der Waals surface area (Å²) in [5.41, 5.74) is 5.01. The molecule has 6 heterocycles. The van der Waals surface area contributed by atoms with Crippen LogP contribution in [0.25, 0.3) is 65.2 Å². The third-order valence-electron chi connectivity index (χ3n) is 14.1. The second-order valence-corrected chi connectivity index (χ2v) is 21.5. The number of fused-ring (bicyclic) bond motifs is 10. The molecule has 0 atom stereocenters. The van der Waals surface area contributed by atoms with E-state index in [1.165, 1.54) is 130 Å². The zero-order chi connectivity index (χ0) is 48.3. The summed E-state index contributed by atoms with van der Waals surface area (Å²) in [5.74, 6) is 3.59. The van der Waals surface area contributed by atoms with E-state index in [2.05, 4.69) is 140 Å². The number of hydrogen-bond donors (Lipinski definition) is 0. The lowest BCUT2D eigenvalue weighted by Crippen LogP contribution is -2.43. The lowest BCUT2D eigenvalue weighted by Gasteiger charge is -2.34. The Labute approximate surface area is 399 Å². The molecule has 2 fully saturated rings. The zero-order valence-corrected chi connectivity index (χ0v) is 41.7. The number of methoxy groups -OCH3 is 2. The van der Waals surface area contributed by atoms with Gasteiger partial charge in [0.1, 0.15) is 11.5 Å². The van der Waals surface area contributed by atoms with Gasteiger partial charge in [-0.3, -0.25) is 9.80 Å². The average Bonchev–Trinajstić information content (AvgIpc) is 3.77. The summed E-state index contributed by atoms with van der Waals surface area (Å²) < 4.78 is 75.1. The molecule has 10 rings (SSSR count). The summed E-state index contributed by atoms with van der Waals surface area (Å²) in [6.07, 6.45) is 18.7. The van der Waals surface area contributed by atoms with E-state index in [-0.39, 0.29) is 0 Å². The van der Waals surface area contributed by atoms with Gasteiger partial charge in [0.05, 0.1) is 58.3 Å². The van der Waals surface area contributed by atoms with Gasteiger partial charge in [0.25, 0.3) is 0 Å². The van der Waals surface area contributed by atoms with Gasteiger partial charge < -0.3 is 27.7 Å². The fourth-order valence-electron chi connectivity index (χ4n) is 10.5. The summed E-state index contributed by atoms with van der Waals surface area (Å²) >= 11 is 0. The zero-order valence-electron chi connectivity index (χ0n) is 40.1. The first-order chi connectivity index (χ1) is 32.4. The van der Waals surface area contributed by atoms with E-state index in [0.717, 1.165) is 49.5 Å². The largest absolute Gasteiger partial charge is 0.748 e. The predicted molar refractivity (Wildman–Crippen MR) is 268 cm³/mol. The Hall–Kier alpha value is -5.36. The van der Waals surface area contributed by atoms with Crippen molar-refractivity contribution >= 4 is 85.4 Å². The Morgan fingerprint density at radius 1 is 0.544 bits per heavy atom. The van der Waals surface area contributed by atoms with Gasteiger partial charge in [-0.25, -0.2) is 26.0 Å². The first-order valence-electron chi connectivity index (χ1n) is 23.5. The number of aryl methyl sites for hydroxylation is 2. The van der Waals surface area contributed by atoms with Crippen molar-refractivity contribution < 1.29 is 44.5 Å². The molecule has 8 aromatic rings.